The maximum atomic E-state index is 12.9. The molecule has 3 rings (SSSR count). The van der Waals surface area contributed by atoms with Crippen molar-refractivity contribution in [2.45, 2.75) is 12.8 Å². The van der Waals surface area contributed by atoms with Gasteiger partial charge in [-0.1, -0.05) is 52.3 Å². The molecule has 3 nitrogen and oxygen atoms in total. The van der Waals surface area contributed by atoms with E-state index in [0.717, 1.165) is 28.7 Å². The minimum absolute atomic E-state index is 0. The van der Waals surface area contributed by atoms with Crippen molar-refractivity contribution in [3.8, 4) is 0 Å². The van der Waals surface area contributed by atoms with Crippen molar-refractivity contribution in [2.75, 3.05) is 19.6 Å². The molecule has 128 valence electrons. The molecule has 0 saturated carbocycles. The Bertz CT molecular complexity index is 708. The van der Waals surface area contributed by atoms with Crippen molar-refractivity contribution in [3.05, 3.63) is 69.7 Å². The number of hydrogen-bond acceptors (Lipinski definition) is 2. The van der Waals surface area contributed by atoms with Crippen molar-refractivity contribution in [2.24, 2.45) is 11.7 Å². The van der Waals surface area contributed by atoms with Crippen LogP contribution in [-0.2, 0) is 0 Å². The Balaban J connectivity index is 0.00000208. The number of nitrogens with two attached hydrogens (primary N) is 1. The van der Waals surface area contributed by atoms with Gasteiger partial charge in [-0.05, 0) is 42.6 Å². The Morgan fingerprint density at radius 3 is 2.54 bits per heavy atom. The van der Waals surface area contributed by atoms with E-state index in [1.165, 1.54) is 5.56 Å². The Labute approximate surface area is 157 Å². The summed E-state index contributed by atoms with van der Waals surface area (Å²) in [4.78, 5) is 14.9. The van der Waals surface area contributed by atoms with Gasteiger partial charge in [-0.2, -0.15) is 0 Å². The molecule has 2 aromatic carbocycles. The molecule has 0 unspecified atom stereocenters. The third-order valence-corrected chi connectivity index (χ3v) is 5.62. The molecule has 1 fully saturated rings. The highest BCUT2D eigenvalue weighted by molar-refractivity contribution is 9.10. The standard InChI is InChI=1S/C19H21BrN2O.ClH/c1-13-16(8-5-9-18(13)20)19(23)22-11-15(10-21)17(12-22)14-6-3-2-4-7-14;/h2-9,15,17H,10-12,21H2,1H3;1H/t15-,17+;/m1./s1. The van der Waals surface area contributed by atoms with Crippen LogP contribution in [-0.4, -0.2) is 30.4 Å². The lowest BCUT2D eigenvalue weighted by Gasteiger charge is -2.18. The molecule has 2 N–H and O–H groups in total. The summed E-state index contributed by atoms with van der Waals surface area (Å²) >= 11 is 3.51. The molecule has 5 heteroatoms. The van der Waals surface area contributed by atoms with Crippen molar-refractivity contribution in [1.29, 1.82) is 0 Å². The fraction of sp³-hybridized carbons (Fsp3) is 0.316. The number of rotatable bonds is 3. The smallest absolute Gasteiger partial charge is 0.254 e. The first kappa shape index (κ1) is 19.0. The monoisotopic (exact) mass is 408 g/mol. The molecular formula is C19H22BrClN2O. The van der Waals surface area contributed by atoms with Crippen LogP contribution in [0, 0.1) is 12.8 Å². The summed E-state index contributed by atoms with van der Waals surface area (Å²) in [6, 6.07) is 16.1. The normalized spacial score (nSPS) is 19.9. The topological polar surface area (TPSA) is 46.3 Å². The Morgan fingerprint density at radius 2 is 1.88 bits per heavy atom. The number of halogens is 2. The molecule has 2 aromatic rings. The summed E-state index contributed by atoms with van der Waals surface area (Å²) in [5, 5.41) is 0. The van der Waals surface area contributed by atoms with Crippen LogP contribution < -0.4 is 5.73 Å². The third kappa shape index (κ3) is 3.66. The highest BCUT2D eigenvalue weighted by atomic mass is 79.9. The molecule has 2 atom stereocenters. The average Bonchev–Trinajstić information content (AvgIpc) is 3.02. The Morgan fingerprint density at radius 1 is 1.17 bits per heavy atom. The molecular weight excluding hydrogens is 388 g/mol. The first-order valence-electron chi connectivity index (χ1n) is 7.91. The van der Waals surface area contributed by atoms with E-state index in [2.05, 4.69) is 28.1 Å². The number of likely N-dealkylation sites (tertiary alicyclic amines) is 1. The zero-order valence-electron chi connectivity index (χ0n) is 13.6. The van der Waals surface area contributed by atoms with E-state index in [9.17, 15) is 4.79 Å². The molecule has 0 spiro atoms. The maximum Gasteiger partial charge on any atom is 0.254 e. The highest BCUT2D eigenvalue weighted by Crippen LogP contribution is 2.33. The molecule has 0 aliphatic carbocycles. The quantitative estimate of drug-likeness (QED) is 0.833. The second-order valence-corrected chi connectivity index (χ2v) is 6.99. The molecule has 0 bridgehead atoms. The van der Waals surface area contributed by atoms with Gasteiger partial charge in [0, 0.05) is 29.0 Å². The van der Waals surface area contributed by atoms with Crippen molar-refractivity contribution < 1.29 is 4.79 Å². The second-order valence-electron chi connectivity index (χ2n) is 6.14. The Kier molecular flexibility index (Phi) is 6.44. The van der Waals surface area contributed by atoms with Crippen LogP contribution in [0.1, 0.15) is 27.4 Å². The van der Waals surface area contributed by atoms with Crippen LogP contribution in [0.3, 0.4) is 0 Å². The molecule has 1 heterocycles. The SMILES string of the molecule is Cc1c(Br)cccc1C(=O)N1C[C@@H](CN)[C@H](c2ccccc2)C1.Cl. The van der Waals surface area contributed by atoms with Gasteiger partial charge in [0.2, 0.25) is 0 Å². The van der Waals surface area contributed by atoms with E-state index in [0.29, 0.717) is 18.4 Å². The van der Waals surface area contributed by atoms with Gasteiger partial charge in [-0.3, -0.25) is 4.79 Å². The first-order chi connectivity index (χ1) is 11.1. The van der Waals surface area contributed by atoms with E-state index < -0.39 is 0 Å². The molecule has 1 aliphatic rings. The number of benzene rings is 2. The minimum atomic E-state index is 0. The van der Waals surface area contributed by atoms with E-state index in [4.69, 9.17) is 5.73 Å². The van der Waals surface area contributed by atoms with Gasteiger partial charge in [0.25, 0.3) is 5.91 Å². The summed E-state index contributed by atoms with van der Waals surface area (Å²) in [7, 11) is 0. The predicted octanol–water partition coefficient (Wildman–Crippen LogP) is 3.99. The van der Waals surface area contributed by atoms with Crippen LogP contribution in [0.4, 0.5) is 0 Å². The van der Waals surface area contributed by atoms with Crippen LogP contribution >= 0.6 is 28.3 Å². The first-order valence-corrected chi connectivity index (χ1v) is 8.70. The summed E-state index contributed by atoms with van der Waals surface area (Å²) in [6.07, 6.45) is 0. The lowest BCUT2D eigenvalue weighted by atomic mass is 9.89. The van der Waals surface area contributed by atoms with Gasteiger partial charge in [0.05, 0.1) is 0 Å². The number of carbonyl (C=O) groups is 1. The van der Waals surface area contributed by atoms with Gasteiger partial charge in [-0.25, -0.2) is 0 Å². The largest absolute Gasteiger partial charge is 0.338 e. The predicted molar refractivity (Wildman–Crippen MR) is 104 cm³/mol. The molecule has 0 aromatic heterocycles. The van der Waals surface area contributed by atoms with Gasteiger partial charge < -0.3 is 10.6 Å². The summed E-state index contributed by atoms with van der Waals surface area (Å²) in [5.74, 6) is 0.729. The van der Waals surface area contributed by atoms with E-state index >= 15 is 0 Å². The fourth-order valence-electron chi connectivity index (χ4n) is 3.36. The third-order valence-electron chi connectivity index (χ3n) is 4.76. The summed E-state index contributed by atoms with van der Waals surface area (Å²) < 4.78 is 0.970. The molecule has 1 saturated heterocycles. The molecule has 1 amide bonds. The van der Waals surface area contributed by atoms with Gasteiger partial charge in [-0.15, -0.1) is 12.4 Å². The van der Waals surface area contributed by atoms with Gasteiger partial charge in [0.15, 0.2) is 0 Å². The molecule has 24 heavy (non-hydrogen) atoms. The Hall–Kier alpha value is -1.36. The van der Waals surface area contributed by atoms with Crippen molar-refractivity contribution in [1.82, 2.24) is 4.90 Å². The van der Waals surface area contributed by atoms with Gasteiger partial charge in [0.1, 0.15) is 0 Å². The number of hydrogen-bond donors (Lipinski definition) is 1. The maximum absolute atomic E-state index is 12.9. The van der Waals surface area contributed by atoms with Crippen molar-refractivity contribution in [3.63, 3.8) is 0 Å². The van der Waals surface area contributed by atoms with E-state index in [-0.39, 0.29) is 18.3 Å². The zero-order chi connectivity index (χ0) is 16.4. The van der Waals surface area contributed by atoms with Crippen LogP contribution in [0.15, 0.2) is 53.0 Å². The number of amides is 1. The fourth-order valence-corrected chi connectivity index (χ4v) is 3.73. The second kappa shape index (κ2) is 8.15. The van der Waals surface area contributed by atoms with Gasteiger partial charge >= 0.3 is 0 Å². The number of nitrogens with zero attached hydrogens (tertiary/aromatic N) is 1. The molecule has 1 aliphatic heterocycles. The summed E-state index contributed by atoms with van der Waals surface area (Å²) in [6.45, 7) is 4.03. The highest BCUT2D eigenvalue weighted by Gasteiger charge is 2.35. The van der Waals surface area contributed by atoms with Crippen LogP contribution in [0.25, 0.3) is 0 Å². The molecule has 0 radical (unpaired) electrons. The minimum Gasteiger partial charge on any atom is -0.338 e. The van der Waals surface area contributed by atoms with Crippen molar-refractivity contribution >= 4 is 34.2 Å². The average molecular weight is 410 g/mol. The van der Waals surface area contributed by atoms with E-state index in [1.807, 2.05) is 48.2 Å². The lowest BCUT2D eigenvalue weighted by molar-refractivity contribution is 0.0785. The number of carbonyl (C=O) groups excluding carboxylic acids is 1. The zero-order valence-corrected chi connectivity index (χ0v) is 16.0. The van der Waals surface area contributed by atoms with E-state index in [1.54, 1.807) is 0 Å². The lowest BCUT2D eigenvalue weighted by Crippen LogP contribution is -2.30. The van der Waals surface area contributed by atoms with Crippen LogP contribution in [0.2, 0.25) is 0 Å². The summed E-state index contributed by atoms with van der Waals surface area (Å²) in [5.41, 5.74) is 9.00. The van der Waals surface area contributed by atoms with Crippen LogP contribution in [0.5, 0.6) is 0 Å².